The molecule has 0 aliphatic carbocycles. The number of aryl methyl sites for hydroxylation is 1. The van der Waals surface area contributed by atoms with Crippen LogP contribution in [0, 0.1) is 0 Å². The summed E-state index contributed by atoms with van der Waals surface area (Å²) in [6, 6.07) is 8.09. The second kappa shape index (κ2) is 18.5. The van der Waals surface area contributed by atoms with Crippen LogP contribution in [0.15, 0.2) is 24.3 Å². The van der Waals surface area contributed by atoms with E-state index in [1.54, 1.807) is 0 Å². The molecular formula is C35H53N7O4. The minimum absolute atomic E-state index is 0.00648. The Morgan fingerprint density at radius 3 is 2.43 bits per heavy atom. The van der Waals surface area contributed by atoms with Gasteiger partial charge in [0, 0.05) is 89.9 Å². The maximum atomic E-state index is 12.9. The first kappa shape index (κ1) is 35.3. The molecule has 1 aromatic carbocycles. The van der Waals surface area contributed by atoms with Crippen molar-refractivity contribution in [2.45, 2.75) is 91.0 Å². The molecule has 0 radical (unpaired) electrons. The van der Waals surface area contributed by atoms with Gasteiger partial charge in [-0.2, -0.15) is 0 Å². The van der Waals surface area contributed by atoms with Crippen molar-refractivity contribution in [3.05, 3.63) is 30.1 Å². The zero-order chi connectivity index (χ0) is 32.7. The molecule has 1 fully saturated rings. The highest BCUT2D eigenvalue weighted by atomic mass is 16.5. The van der Waals surface area contributed by atoms with Crippen molar-refractivity contribution in [2.24, 2.45) is 0 Å². The lowest BCUT2D eigenvalue weighted by molar-refractivity contribution is -0.134. The van der Waals surface area contributed by atoms with Gasteiger partial charge in [-0.1, -0.05) is 51.3 Å². The summed E-state index contributed by atoms with van der Waals surface area (Å²) in [6.45, 7) is 10.4. The summed E-state index contributed by atoms with van der Waals surface area (Å²) in [4.78, 5) is 50.8. The van der Waals surface area contributed by atoms with Gasteiger partial charge >= 0.3 is 0 Å². The lowest BCUT2D eigenvalue weighted by Gasteiger charge is -2.35. The second-order valence-corrected chi connectivity index (χ2v) is 12.3. The molecule has 0 saturated carbocycles. The fourth-order valence-electron chi connectivity index (χ4n) is 5.99. The topological polar surface area (TPSA) is 136 Å². The molecule has 11 nitrogen and oxygen atoms in total. The maximum absolute atomic E-state index is 12.9. The lowest BCUT2D eigenvalue weighted by Crippen LogP contribution is -2.49. The van der Waals surface area contributed by atoms with Gasteiger partial charge in [-0.15, -0.1) is 0 Å². The molecule has 1 aliphatic rings. The molecule has 2 aromatic heterocycles. The number of unbranched alkanes of at least 4 members (excludes halogenated alkanes) is 3. The zero-order valence-electron chi connectivity index (χ0n) is 27.9. The van der Waals surface area contributed by atoms with E-state index < -0.39 is 0 Å². The molecule has 4 rings (SSSR count). The number of piperazine rings is 1. The molecule has 3 heterocycles. The number of carbonyl (C=O) groups excluding carboxylic acids is 3. The number of nitrogens with one attached hydrogen (secondary N) is 1. The Morgan fingerprint density at radius 2 is 1.65 bits per heavy atom. The summed E-state index contributed by atoms with van der Waals surface area (Å²) >= 11 is 0. The molecule has 3 aromatic rings. The number of amides is 2. The van der Waals surface area contributed by atoms with E-state index in [0.717, 1.165) is 92.5 Å². The highest BCUT2D eigenvalue weighted by Crippen LogP contribution is 2.29. The summed E-state index contributed by atoms with van der Waals surface area (Å²) in [5.74, 6) is 1.66. The Hall–Kier alpha value is -3.57. The SMILES string of the molecule is CCCCCNC(=O)CCOCCCC(=O)CCC(=O)N1CCN(CCn2c(CCCC)nc3c(N)nc4ccccc4c32)CC1. The van der Waals surface area contributed by atoms with Crippen LogP contribution in [0.4, 0.5) is 5.82 Å². The molecule has 3 N–H and O–H groups in total. The molecule has 0 bridgehead atoms. The van der Waals surface area contributed by atoms with Gasteiger partial charge in [0.25, 0.3) is 0 Å². The van der Waals surface area contributed by atoms with E-state index in [-0.39, 0.29) is 30.4 Å². The predicted octanol–water partition coefficient (Wildman–Crippen LogP) is 4.50. The third-order valence-electron chi connectivity index (χ3n) is 8.75. The van der Waals surface area contributed by atoms with Crippen LogP contribution in [0.1, 0.15) is 83.9 Å². The number of fused-ring (bicyclic) bond motifs is 3. The van der Waals surface area contributed by atoms with Crippen molar-refractivity contribution < 1.29 is 19.1 Å². The van der Waals surface area contributed by atoms with Crippen LogP contribution in [0.5, 0.6) is 0 Å². The molecule has 0 unspecified atom stereocenters. The van der Waals surface area contributed by atoms with Crippen molar-refractivity contribution in [3.63, 3.8) is 0 Å². The van der Waals surface area contributed by atoms with Gasteiger partial charge in [-0.25, -0.2) is 9.97 Å². The largest absolute Gasteiger partial charge is 0.382 e. The highest BCUT2D eigenvalue weighted by Gasteiger charge is 2.23. The number of aromatic nitrogens is 3. The second-order valence-electron chi connectivity index (χ2n) is 12.3. The Morgan fingerprint density at radius 1 is 0.870 bits per heavy atom. The van der Waals surface area contributed by atoms with Gasteiger partial charge in [-0.3, -0.25) is 19.3 Å². The first-order chi connectivity index (χ1) is 22.4. The highest BCUT2D eigenvalue weighted by molar-refractivity contribution is 6.06. The lowest BCUT2D eigenvalue weighted by atomic mass is 10.1. The fourth-order valence-corrected chi connectivity index (χ4v) is 5.99. The molecule has 46 heavy (non-hydrogen) atoms. The van der Waals surface area contributed by atoms with Crippen LogP contribution in [0.25, 0.3) is 21.9 Å². The molecule has 252 valence electrons. The van der Waals surface area contributed by atoms with E-state index in [2.05, 4.69) is 39.7 Å². The number of imidazole rings is 1. The average Bonchev–Trinajstić information content (AvgIpc) is 3.44. The number of para-hydroxylation sites is 1. The Bertz CT molecular complexity index is 1430. The van der Waals surface area contributed by atoms with Gasteiger partial charge in [0.2, 0.25) is 11.8 Å². The number of pyridine rings is 1. The summed E-state index contributed by atoms with van der Waals surface area (Å²) < 4.78 is 7.84. The van der Waals surface area contributed by atoms with Gasteiger partial charge in [0.15, 0.2) is 5.82 Å². The number of carbonyl (C=O) groups is 3. The Labute approximate surface area is 273 Å². The first-order valence-electron chi connectivity index (χ1n) is 17.3. The van der Waals surface area contributed by atoms with E-state index in [1.165, 1.54) is 0 Å². The number of hydrogen-bond donors (Lipinski definition) is 2. The van der Waals surface area contributed by atoms with Gasteiger partial charge in [0.1, 0.15) is 17.1 Å². The number of rotatable bonds is 20. The number of nitrogen functional groups attached to an aromatic ring is 1. The van der Waals surface area contributed by atoms with Crippen molar-refractivity contribution >= 4 is 45.4 Å². The smallest absolute Gasteiger partial charge is 0.223 e. The van der Waals surface area contributed by atoms with Crippen LogP contribution in [-0.4, -0.2) is 94.4 Å². The number of ether oxygens (including phenoxy) is 1. The van der Waals surface area contributed by atoms with Gasteiger partial charge in [0.05, 0.1) is 17.6 Å². The third-order valence-corrected chi connectivity index (χ3v) is 8.75. The molecular weight excluding hydrogens is 582 g/mol. The number of benzene rings is 1. The summed E-state index contributed by atoms with van der Waals surface area (Å²) in [5, 5.41) is 3.96. The Balaban J connectivity index is 1.16. The van der Waals surface area contributed by atoms with E-state index in [1.807, 2.05) is 23.1 Å². The third kappa shape index (κ3) is 10.2. The predicted molar refractivity (Wildman–Crippen MR) is 183 cm³/mol. The molecule has 0 spiro atoms. The normalized spacial score (nSPS) is 13.9. The average molecular weight is 636 g/mol. The van der Waals surface area contributed by atoms with Crippen molar-refractivity contribution in [1.82, 2.24) is 29.7 Å². The van der Waals surface area contributed by atoms with Crippen LogP contribution < -0.4 is 11.1 Å². The summed E-state index contributed by atoms with van der Waals surface area (Å²) in [7, 11) is 0. The molecule has 0 atom stereocenters. The van der Waals surface area contributed by atoms with Crippen molar-refractivity contribution in [1.29, 1.82) is 0 Å². The standard InChI is InChI=1S/C35H53N7O4/c1-3-5-9-18-37-31(44)17-26-46-25-10-11-27(43)15-16-32(45)41-22-19-40(20-23-41)21-24-42-30(14-6-4-2)39-33-34(42)28-12-7-8-13-29(28)38-35(33)36/h7-8,12-13H,3-6,9-11,14-26H2,1-2H3,(H2,36,38)(H,37,44). The van der Waals surface area contributed by atoms with Crippen LogP contribution >= 0.6 is 0 Å². The van der Waals surface area contributed by atoms with E-state index >= 15 is 0 Å². The number of nitrogens with zero attached hydrogens (tertiary/aromatic N) is 5. The molecule has 1 saturated heterocycles. The minimum atomic E-state index is 0.00648. The molecule has 11 heteroatoms. The van der Waals surface area contributed by atoms with Crippen LogP contribution in [-0.2, 0) is 32.1 Å². The molecule has 1 aliphatic heterocycles. The Kier molecular flexibility index (Phi) is 14.2. The fraction of sp³-hybridized carbons (Fsp3) is 0.629. The summed E-state index contributed by atoms with van der Waals surface area (Å²) in [5.41, 5.74) is 9.07. The molecule has 2 amide bonds. The van der Waals surface area contributed by atoms with Crippen LogP contribution in [0.2, 0.25) is 0 Å². The monoisotopic (exact) mass is 635 g/mol. The number of nitrogens with two attached hydrogens (primary N) is 1. The number of anilines is 1. The summed E-state index contributed by atoms with van der Waals surface area (Å²) in [6.07, 6.45) is 8.15. The van der Waals surface area contributed by atoms with Crippen molar-refractivity contribution in [3.8, 4) is 0 Å². The maximum Gasteiger partial charge on any atom is 0.223 e. The first-order valence-corrected chi connectivity index (χ1v) is 17.3. The number of Topliss-reactive ketones (excluding diaryl/α,β-unsaturated/α-hetero) is 1. The van der Waals surface area contributed by atoms with E-state index in [0.29, 0.717) is 57.9 Å². The van der Waals surface area contributed by atoms with Gasteiger partial charge in [-0.05, 0) is 25.3 Å². The quantitative estimate of drug-likeness (QED) is 0.173. The van der Waals surface area contributed by atoms with E-state index in [9.17, 15) is 14.4 Å². The minimum Gasteiger partial charge on any atom is -0.382 e. The number of ketones is 1. The zero-order valence-corrected chi connectivity index (χ0v) is 27.9. The van der Waals surface area contributed by atoms with E-state index in [4.69, 9.17) is 15.5 Å². The van der Waals surface area contributed by atoms with Gasteiger partial charge < -0.3 is 25.3 Å². The van der Waals surface area contributed by atoms with Crippen LogP contribution in [0.3, 0.4) is 0 Å². The number of hydrogen-bond acceptors (Lipinski definition) is 8. The van der Waals surface area contributed by atoms with Crippen molar-refractivity contribution in [2.75, 3.05) is 58.2 Å².